The van der Waals surface area contributed by atoms with Crippen molar-refractivity contribution in [2.75, 3.05) is 19.6 Å². The van der Waals surface area contributed by atoms with E-state index in [-0.39, 0.29) is 24.0 Å². The van der Waals surface area contributed by atoms with Gasteiger partial charge in [-0.25, -0.2) is 4.98 Å². The lowest BCUT2D eigenvalue weighted by atomic mass is 10.00. The molecule has 2 rings (SSSR count). The third-order valence-electron chi connectivity index (χ3n) is 3.66. The van der Waals surface area contributed by atoms with Crippen LogP contribution in [0, 0.1) is 5.92 Å². The zero-order valence-corrected chi connectivity index (χ0v) is 15.5. The van der Waals surface area contributed by atoms with Crippen LogP contribution in [0.1, 0.15) is 36.6 Å². The minimum Gasteiger partial charge on any atom is -0.370 e. The summed E-state index contributed by atoms with van der Waals surface area (Å²) in [6, 6.07) is 0. The molecule has 0 bridgehead atoms. The number of piperidine rings is 1. The van der Waals surface area contributed by atoms with E-state index >= 15 is 0 Å². The van der Waals surface area contributed by atoms with Crippen LogP contribution in [-0.4, -0.2) is 35.5 Å². The van der Waals surface area contributed by atoms with Gasteiger partial charge in [0, 0.05) is 37.1 Å². The van der Waals surface area contributed by atoms with E-state index in [9.17, 15) is 0 Å². The lowest BCUT2D eigenvalue weighted by Gasteiger charge is -2.31. The highest BCUT2D eigenvalue weighted by molar-refractivity contribution is 14.0. The van der Waals surface area contributed by atoms with Gasteiger partial charge >= 0.3 is 0 Å². The summed E-state index contributed by atoms with van der Waals surface area (Å²) < 4.78 is 0. The number of thiazole rings is 1. The molecule has 4 nitrogen and oxygen atoms in total. The maximum atomic E-state index is 6.05. The molecule has 114 valence electrons. The quantitative estimate of drug-likeness (QED) is 0.474. The van der Waals surface area contributed by atoms with Crippen LogP contribution in [0.25, 0.3) is 0 Å². The number of rotatable bonds is 4. The molecule has 0 spiro atoms. The average molecular weight is 408 g/mol. The fourth-order valence-corrected chi connectivity index (χ4v) is 3.08. The molecule has 0 aromatic carbocycles. The minimum absolute atomic E-state index is 0. The van der Waals surface area contributed by atoms with Crippen LogP contribution in [0.3, 0.4) is 0 Å². The van der Waals surface area contributed by atoms with Gasteiger partial charge in [-0.1, -0.05) is 13.8 Å². The summed E-state index contributed by atoms with van der Waals surface area (Å²) in [5.74, 6) is 1.53. The van der Waals surface area contributed by atoms with Gasteiger partial charge in [-0.3, -0.25) is 4.99 Å². The molecular weight excluding hydrogens is 383 g/mol. The number of aryl methyl sites for hydroxylation is 1. The van der Waals surface area contributed by atoms with E-state index in [1.54, 1.807) is 11.3 Å². The number of likely N-dealkylation sites (tertiary alicyclic amines) is 1. The van der Waals surface area contributed by atoms with E-state index in [2.05, 4.69) is 28.7 Å². The zero-order valence-electron chi connectivity index (χ0n) is 12.3. The number of guanidine groups is 1. The largest absolute Gasteiger partial charge is 0.370 e. The Balaban J connectivity index is 0.00000200. The Labute approximate surface area is 142 Å². The number of hydrogen-bond donors (Lipinski definition) is 1. The van der Waals surface area contributed by atoms with Crippen molar-refractivity contribution < 1.29 is 0 Å². The second-order valence-electron chi connectivity index (χ2n) is 5.23. The summed E-state index contributed by atoms with van der Waals surface area (Å²) in [6.07, 6.45) is 6.38. The van der Waals surface area contributed by atoms with Crippen molar-refractivity contribution in [2.24, 2.45) is 16.6 Å². The SMILES string of the molecule is CCc1cnc(CCN=C(N)N2CCC(C)CC2)s1.I. The number of hydrogen-bond acceptors (Lipinski definition) is 3. The summed E-state index contributed by atoms with van der Waals surface area (Å²) in [7, 11) is 0. The van der Waals surface area contributed by atoms with E-state index in [0.29, 0.717) is 5.96 Å². The van der Waals surface area contributed by atoms with Gasteiger partial charge in [0.15, 0.2) is 5.96 Å². The molecule has 1 aliphatic heterocycles. The second kappa shape index (κ2) is 8.81. The first kappa shape index (κ1) is 17.7. The third kappa shape index (κ3) is 5.20. The van der Waals surface area contributed by atoms with Gasteiger partial charge in [-0.15, -0.1) is 35.3 Å². The van der Waals surface area contributed by atoms with Crippen molar-refractivity contribution in [1.29, 1.82) is 0 Å². The van der Waals surface area contributed by atoms with Crippen LogP contribution < -0.4 is 5.73 Å². The van der Waals surface area contributed by atoms with Crippen LogP contribution in [0.4, 0.5) is 0 Å². The number of nitrogens with two attached hydrogens (primary N) is 1. The van der Waals surface area contributed by atoms with Crippen LogP contribution >= 0.6 is 35.3 Å². The molecule has 0 aliphatic carbocycles. The zero-order chi connectivity index (χ0) is 13.7. The Morgan fingerprint density at radius 2 is 2.20 bits per heavy atom. The number of halogens is 1. The molecule has 1 fully saturated rings. The minimum atomic E-state index is 0. The topological polar surface area (TPSA) is 54.5 Å². The van der Waals surface area contributed by atoms with E-state index in [4.69, 9.17) is 5.73 Å². The molecule has 2 N–H and O–H groups in total. The Hall–Kier alpha value is -0.370. The Morgan fingerprint density at radius 1 is 1.50 bits per heavy atom. The lowest BCUT2D eigenvalue weighted by molar-refractivity contribution is 0.277. The molecule has 0 unspecified atom stereocenters. The smallest absolute Gasteiger partial charge is 0.191 e. The summed E-state index contributed by atoms with van der Waals surface area (Å²) in [5, 5.41) is 1.17. The van der Waals surface area contributed by atoms with Crippen molar-refractivity contribution in [1.82, 2.24) is 9.88 Å². The van der Waals surface area contributed by atoms with Gasteiger partial charge < -0.3 is 10.6 Å². The molecule has 0 saturated carbocycles. The first-order valence-electron chi connectivity index (χ1n) is 7.17. The number of aromatic nitrogens is 1. The number of nitrogens with zero attached hydrogens (tertiary/aromatic N) is 3. The van der Waals surface area contributed by atoms with Crippen LogP contribution in [-0.2, 0) is 12.8 Å². The van der Waals surface area contributed by atoms with Gasteiger partial charge in [-0.2, -0.15) is 0 Å². The Bertz CT molecular complexity index is 425. The van der Waals surface area contributed by atoms with Crippen LogP contribution in [0.15, 0.2) is 11.2 Å². The third-order valence-corrected chi connectivity index (χ3v) is 4.86. The molecule has 1 aromatic heterocycles. The maximum absolute atomic E-state index is 6.05. The van der Waals surface area contributed by atoms with Crippen LogP contribution in [0.2, 0.25) is 0 Å². The first-order chi connectivity index (χ1) is 9.19. The molecule has 1 aliphatic rings. The maximum Gasteiger partial charge on any atom is 0.191 e. The summed E-state index contributed by atoms with van der Waals surface area (Å²) in [4.78, 5) is 12.4. The number of aliphatic imine (C=N–C) groups is 1. The first-order valence-corrected chi connectivity index (χ1v) is 7.99. The van der Waals surface area contributed by atoms with E-state index in [1.165, 1.54) is 22.7 Å². The molecule has 0 amide bonds. The van der Waals surface area contributed by atoms with Crippen molar-refractivity contribution in [3.63, 3.8) is 0 Å². The molecule has 0 atom stereocenters. The van der Waals surface area contributed by atoms with Gasteiger partial charge in [0.2, 0.25) is 0 Å². The highest BCUT2D eigenvalue weighted by Gasteiger charge is 2.16. The highest BCUT2D eigenvalue weighted by atomic mass is 127. The summed E-state index contributed by atoms with van der Waals surface area (Å²) in [6.45, 7) is 7.30. The van der Waals surface area contributed by atoms with Gasteiger partial charge in [0.1, 0.15) is 0 Å². The van der Waals surface area contributed by atoms with E-state index in [1.807, 2.05) is 6.20 Å². The van der Waals surface area contributed by atoms with Gasteiger partial charge in [0.05, 0.1) is 5.01 Å². The Kier molecular flexibility index (Phi) is 7.79. The average Bonchev–Trinajstić information content (AvgIpc) is 2.87. The molecule has 1 saturated heterocycles. The molecule has 1 aromatic rings. The fraction of sp³-hybridized carbons (Fsp3) is 0.714. The standard InChI is InChI=1S/C14H24N4S.HI/c1-3-12-10-17-13(19-12)4-7-16-14(15)18-8-5-11(2)6-9-18;/h10-11H,3-9H2,1-2H3,(H2,15,16);1H. The Morgan fingerprint density at radius 3 is 2.80 bits per heavy atom. The predicted octanol–water partition coefficient (Wildman–Crippen LogP) is 2.91. The van der Waals surface area contributed by atoms with Crippen molar-refractivity contribution >= 4 is 41.3 Å². The van der Waals surface area contributed by atoms with Gasteiger partial charge in [-0.05, 0) is 25.2 Å². The second-order valence-corrected chi connectivity index (χ2v) is 6.43. The molecule has 0 radical (unpaired) electrons. The molecular formula is C14H25IN4S. The highest BCUT2D eigenvalue weighted by Crippen LogP contribution is 2.16. The predicted molar refractivity (Wildman–Crippen MR) is 97.1 cm³/mol. The summed E-state index contributed by atoms with van der Waals surface area (Å²) in [5.41, 5.74) is 6.05. The lowest BCUT2D eigenvalue weighted by Crippen LogP contribution is -2.42. The molecule has 6 heteroatoms. The fourth-order valence-electron chi connectivity index (χ4n) is 2.23. The van der Waals surface area contributed by atoms with Crippen molar-refractivity contribution in [3.05, 3.63) is 16.1 Å². The normalized spacial score (nSPS) is 17.1. The van der Waals surface area contributed by atoms with Gasteiger partial charge in [0.25, 0.3) is 0 Å². The molecule has 2 heterocycles. The van der Waals surface area contributed by atoms with E-state index in [0.717, 1.165) is 38.4 Å². The molecule has 20 heavy (non-hydrogen) atoms. The van der Waals surface area contributed by atoms with E-state index < -0.39 is 0 Å². The van der Waals surface area contributed by atoms with Crippen molar-refractivity contribution in [2.45, 2.75) is 39.5 Å². The van der Waals surface area contributed by atoms with Crippen molar-refractivity contribution in [3.8, 4) is 0 Å². The summed E-state index contributed by atoms with van der Waals surface area (Å²) >= 11 is 1.79. The monoisotopic (exact) mass is 408 g/mol. The van der Waals surface area contributed by atoms with Crippen LogP contribution in [0.5, 0.6) is 0 Å².